The molecule has 7 nitrogen and oxygen atoms in total. The van der Waals surface area contributed by atoms with E-state index in [2.05, 4.69) is 23.5 Å². The highest BCUT2D eigenvalue weighted by molar-refractivity contribution is 7.83. The first kappa shape index (κ1) is 18.6. The van der Waals surface area contributed by atoms with Crippen molar-refractivity contribution in [2.45, 2.75) is 44.9 Å². The SMILES string of the molecule is CC(C)(NS(=O)(=O)O)c1ccc2c(c1)C(C)(C)C(N1CCOCC1)O2. The van der Waals surface area contributed by atoms with E-state index >= 15 is 0 Å². The van der Waals surface area contributed by atoms with E-state index in [4.69, 9.17) is 14.0 Å². The second-order valence-electron chi connectivity index (χ2n) is 7.75. The first-order valence-corrected chi connectivity index (χ1v) is 9.84. The summed E-state index contributed by atoms with van der Waals surface area (Å²) in [6, 6.07) is 5.67. The predicted molar refractivity (Wildman–Crippen MR) is 94.0 cm³/mol. The van der Waals surface area contributed by atoms with Crippen LogP contribution >= 0.6 is 0 Å². The van der Waals surface area contributed by atoms with Crippen LogP contribution in [0, 0.1) is 0 Å². The standard InChI is InChI=1S/C17H26N2O5S/c1-16(2)13-11-12(17(3,4)18-25(20,21)22)5-6-14(13)24-15(16)19-7-9-23-10-8-19/h5-6,11,15,18H,7-10H2,1-4H3,(H,20,21,22). The molecule has 2 heterocycles. The van der Waals surface area contributed by atoms with Gasteiger partial charge in [0.1, 0.15) is 5.75 Å². The Morgan fingerprint density at radius 3 is 2.52 bits per heavy atom. The average Bonchev–Trinajstić information content (AvgIpc) is 2.77. The van der Waals surface area contributed by atoms with Gasteiger partial charge in [0.2, 0.25) is 0 Å². The molecule has 0 saturated carbocycles. The summed E-state index contributed by atoms with van der Waals surface area (Å²) in [4.78, 5) is 2.28. The zero-order valence-corrected chi connectivity index (χ0v) is 15.9. The second-order valence-corrected chi connectivity index (χ2v) is 8.91. The van der Waals surface area contributed by atoms with Gasteiger partial charge in [0.15, 0.2) is 6.23 Å². The molecule has 1 saturated heterocycles. The van der Waals surface area contributed by atoms with Crippen molar-refractivity contribution >= 4 is 10.3 Å². The van der Waals surface area contributed by atoms with Crippen LogP contribution < -0.4 is 9.46 Å². The summed E-state index contributed by atoms with van der Waals surface area (Å²) in [5.41, 5.74) is 0.613. The molecule has 0 aromatic heterocycles. The maximum Gasteiger partial charge on any atom is 0.334 e. The average molecular weight is 370 g/mol. The summed E-state index contributed by atoms with van der Waals surface area (Å²) >= 11 is 0. The Morgan fingerprint density at radius 1 is 1.28 bits per heavy atom. The molecule has 0 spiro atoms. The Bertz CT molecular complexity index is 754. The van der Waals surface area contributed by atoms with Gasteiger partial charge in [-0.2, -0.15) is 13.1 Å². The smallest absolute Gasteiger partial charge is 0.334 e. The Labute approximate surface area is 149 Å². The van der Waals surface area contributed by atoms with Gasteiger partial charge in [0, 0.05) is 24.1 Å². The number of nitrogens with one attached hydrogen (secondary N) is 1. The molecule has 1 aromatic carbocycles. The number of fused-ring (bicyclic) bond motifs is 1. The molecule has 2 aliphatic rings. The Morgan fingerprint density at radius 2 is 1.92 bits per heavy atom. The number of hydrogen-bond donors (Lipinski definition) is 2. The van der Waals surface area contributed by atoms with Crippen LogP contribution in [0.15, 0.2) is 18.2 Å². The third-order valence-corrected chi connectivity index (χ3v) is 5.78. The number of morpholine rings is 1. The molecule has 1 aromatic rings. The van der Waals surface area contributed by atoms with Gasteiger partial charge in [0.05, 0.1) is 18.8 Å². The molecule has 2 aliphatic heterocycles. The van der Waals surface area contributed by atoms with Crippen molar-refractivity contribution in [1.29, 1.82) is 0 Å². The molecule has 0 radical (unpaired) electrons. The molecule has 1 atom stereocenters. The van der Waals surface area contributed by atoms with Gasteiger partial charge in [0.25, 0.3) is 0 Å². The molecule has 3 rings (SSSR count). The van der Waals surface area contributed by atoms with Crippen LogP contribution in [0.4, 0.5) is 0 Å². The highest BCUT2D eigenvalue weighted by atomic mass is 32.2. The number of benzene rings is 1. The molecule has 2 N–H and O–H groups in total. The van der Waals surface area contributed by atoms with Gasteiger partial charge < -0.3 is 9.47 Å². The highest BCUT2D eigenvalue weighted by Crippen LogP contribution is 2.45. The van der Waals surface area contributed by atoms with Crippen molar-refractivity contribution < 1.29 is 22.4 Å². The zero-order chi connectivity index (χ0) is 18.5. The number of rotatable bonds is 4. The Kier molecular flexibility index (Phi) is 4.62. The van der Waals surface area contributed by atoms with Crippen LogP contribution in [-0.4, -0.2) is 50.4 Å². The second kappa shape index (κ2) is 6.21. The van der Waals surface area contributed by atoms with E-state index in [0.717, 1.165) is 30.0 Å². The molecule has 0 bridgehead atoms. The summed E-state index contributed by atoms with van der Waals surface area (Å²) < 4.78 is 45.5. The van der Waals surface area contributed by atoms with Crippen molar-refractivity contribution in [3.05, 3.63) is 29.3 Å². The minimum Gasteiger partial charge on any atom is -0.474 e. The lowest BCUT2D eigenvalue weighted by Crippen LogP contribution is -2.52. The summed E-state index contributed by atoms with van der Waals surface area (Å²) in [7, 11) is -4.30. The molecular weight excluding hydrogens is 344 g/mol. The largest absolute Gasteiger partial charge is 0.474 e. The molecule has 8 heteroatoms. The van der Waals surface area contributed by atoms with Gasteiger partial charge in [-0.1, -0.05) is 19.9 Å². The fourth-order valence-electron chi connectivity index (χ4n) is 3.65. The normalized spacial score (nSPS) is 24.0. The molecule has 1 unspecified atom stereocenters. The molecule has 25 heavy (non-hydrogen) atoms. The van der Waals surface area contributed by atoms with Gasteiger partial charge in [-0.15, -0.1) is 0 Å². The van der Waals surface area contributed by atoms with Gasteiger partial charge in [-0.05, 0) is 31.5 Å². The van der Waals surface area contributed by atoms with Gasteiger partial charge >= 0.3 is 10.3 Å². The lowest BCUT2D eigenvalue weighted by Gasteiger charge is -2.38. The number of hydrogen-bond acceptors (Lipinski definition) is 5. The van der Waals surface area contributed by atoms with Crippen LogP contribution in [-0.2, 0) is 26.0 Å². The molecule has 0 amide bonds. The predicted octanol–water partition coefficient (Wildman–Crippen LogP) is 1.64. The Balaban J connectivity index is 1.92. The lowest BCUT2D eigenvalue weighted by molar-refractivity contribution is -0.0612. The first-order chi connectivity index (χ1) is 11.5. The maximum atomic E-state index is 11.2. The van der Waals surface area contributed by atoms with Crippen molar-refractivity contribution in [3.63, 3.8) is 0 Å². The maximum absolute atomic E-state index is 11.2. The van der Waals surface area contributed by atoms with Crippen LogP contribution in [0.3, 0.4) is 0 Å². The summed E-state index contributed by atoms with van der Waals surface area (Å²) in [6.45, 7) is 10.7. The summed E-state index contributed by atoms with van der Waals surface area (Å²) in [5, 5.41) is 0. The van der Waals surface area contributed by atoms with Crippen LogP contribution in [0.5, 0.6) is 5.75 Å². The van der Waals surface area contributed by atoms with Gasteiger partial charge in [-0.3, -0.25) is 9.45 Å². The molecule has 140 valence electrons. The van der Waals surface area contributed by atoms with Crippen molar-refractivity contribution in [1.82, 2.24) is 9.62 Å². The quantitative estimate of drug-likeness (QED) is 0.784. The minimum atomic E-state index is -4.30. The van der Waals surface area contributed by atoms with E-state index in [-0.39, 0.29) is 11.6 Å². The van der Waals surface area contributed by atoms with Crippen molar-refractivity contribution in [3.8, 4) is 5.75 Å². The topological polar surface area (TPSA) is 88.1 Å². The molecule has 0 aliphatic carbocycles. The van der Waals surface area contributed by atoms with Crippen LogP contribution in [0.25, 0.3) is 0 Å². The third kappa shape index (κ3) is 3.68. The number of ether oxygens (including phenoxy) is 2. The van der Waals surface area contributed by atoms with E-state index in [0.29, 0.717) is 13.2 Å². The third-order valence-electron chi connectivity index (χ3n) is 5.01. The van der Waals surface area contributed by atoms with E-state index in [1.807, 2.05) is 18.2 Å². The van der Waals surface area contributed by atoms with E-state index in [9.17, 15) is 8.42 Å². The van der Waals surface area contributed by atoms with Crippen molar-refractivity contribution in [2.75, 3.05) is 26.3 Å². The fraction of sp³-hybridized carbons (Fsp3) is 0.647. The monoisotopic (exact) mass is 370 g/mol. The summed E-state index contributed by atoms with van der Waals surface area (Å²) in [6.07, 6.45) is -0.0840. The van der Waals surface area contributed by atoms with E-state index in [1.54, 1.807) is 13.8 Å². The molecular formula is C17H26N2O5S. The van der Waals surface area contributed by atoms with Crippen LogP contribution in [0.2, 0.25) is 0 Å². The first-order valence-electron chi connectivity index (χ1n) is 8.40. The lowest BCUT2D eigenvalue weighted by atomic mass is 9.81. The Hall–Kier alpha value is -1.19. The minimum absolute atomic E-state index is 0.0840. The summed E-state index contributed by atoms with van der Waals surface area (Å²) in [5.74, 6) is 0.813. The number of nitrogens with zero attached hydrogens (tertiary/aromatic N) is 1. The van der Waals surface area contributed by atoms with Crippen LogP contribution in [0.1, 0.15) is 38.8 Å². The molecule has 1 fully saturated rings. The fourth-order valence-corrected chi connectivity index (χ4v) is 4.41. The van der Waals surface area contributed by atoms with E-state index < -0.39 is 15.8 Å². The van der Waals surface area contributed by atoms with Crippen molar-refractivity contribution in [2.24, 2.45) is 0 Å². The van der Waals surface area contributed by atoms with E-state index in [1.165, 1.54) is 0 Å². The van der Waals surface area contributed by atoms with Gasteiger partial charge in [-0.25, -0.2) is 0 Å². The zero-order valence-electron chi connectivity index (χ0n) is 15.1. The highest BCUT2D eigenvalue weighted by Gasteiger charge is 2.45.